The van der Waals surface area contributed by atoms with Crippen molar-refractivity contribution in [2.24, 2.45) is 5.92 Å². The molecule has 1 N–H and O–H groups in total. The van der Waals surface area contributed by atoms with Crippen LogP contribution in [-0.2, 0) is 0 Å². The van der Waals surface area contributed by atoms with Crippen molar-refractivity contribution in [3.8, 4) is 0 Å². The van der Waals surface area contributed by atoms with Crippen LogP contribution in [0, 0.1) is 12.8 Å². The average Bonchev–Trinajstić information content (AvgIpc) is 2.26. The number of thioether (sulfide) groups is 1. The van der Waals surface area contributed by atoms with Crippen molar-refractivity contribution in [1.82, 2.24) is 5.32 Å². The van der Waals surface area contributed by atoms with Gasteiger partial charge in [0.1, 0.15) is 0 Å². The van der Waals surface area contributed by atoms with E-state index < -0.39 is 0 Å². The minimum absolute atomic E-state index is 0.708. The van der Waals surface area contributed by atoms with Crippen molar-refractivity contribution in [1.29, 1.82) is 0 Å². The minimum Gasteiger partial charge on any atom is -0.313 e. The van der Waals surface area contributed by atoms with E-state index in [-0.39, 0.29) is 0 Å². The summed E-state index contributed by atoms with van der Waals surface area (Å²) >= 11 is 1.99. The van der Waals surface area contributed by atoms with E-state index >= 15 is 0 Å². The minimum atomic E-state index is 0.708. The molecule has 0 bridgehead atoms. The van der Waals surface area contributed by atoms with E-state index in [1.807, 2.05) is 11.8 Å². The van der Waals surface area contributed by atoms with Gasteiger partial charge in [0.2, 0.25) is 0 Å². The Kier molecular flexibility index (Phi) is 4.93. The van der Waals surface area contributed by atoms with E-state index in [4.69, 9.17) is 0 Å². The third-order valence-electron chi connectivity index (χ3n) is 3.64. The lowest BCUT2D eigenvalue weighted by Gasteiger charge is -2.34. The summed E-state index contributed by atoms with van der Waals surface area (Å²) in [7, 11) is 0. The standard InChI is InChI=1S/C15H23NS/c1-3-16-15(13-5-4-6-13)11-17-14-9-7-12(2)8-10-14/h7-10,13,15-16H,3-6,11H2,1-2H3. The van der Waals surface area contributed by atoms with E-state index in [1.54, 1.807) is 0 Å². The van der Waals surface area contributed by atoms with Crippen molar-refractivity contribution in [3.05, 3.63) is 29.8 Å². The molecule has 2 heteroatoms. The average molecular weight is 249 g/mol. The van der Waals surface area contributed by atoms with Crippen LogP contribution < -0.4 is 5.32 Å². The molecule has 1 atom stereocenters. The molecule has 0 amide bonds. The summed E-state index contributed by atoms with van der Waals surface area (Å²) in [6, 6.07) is 9.59. The predicted molar refractivity (Wildman–Crippen MR) is 76.7 cm³/mol. The number of rotatable bonds is 6. The first-order chi connectivity index (χ1) is 8.29. The molecule has 1 aromatic rings. The highest BCUT2D eigenvalue weighted by atomic mass is 32.2. The van der Waals surface area contributed by atoms with Gasteiger partial charge in [0.15, 0.2) is 0 Å². The van der Waals surface area contributed by atoms with Gasteiger partial charge in [-0.15, -0.1) is 11.8 Å². The van der Waals surface area contributed by atoms with Crippen LogP contribution in [0.15, 0.2) is 29.2 Å². The first kappa shape index (κ1) is 13.0. The predicted octanol–water partition coefficient (Wildman–Crippen LogP) is 3.87. The Morgan fingerprint density at radius 1 is 1.29 bits per heavy atom. The van der Waals surface area contributed by atoms with Gasteiger partial charge in [0.25, 0.3) is 0 Å². The Morgan fingerprint density at radius 2 is 2.00 bits per heavy atom. The molecule has 0 radical (unpaired) electrons. The van der Waals surface area contributed by atoms with Gasteiger partial charge in [-0.1, -0.05) is 31.0 Å². The first-order valence-electron chi connectivity index (χ1n) is 6.72. The molecule has 1 aliphatic carbocycles. The smallest absolute Gasteiger partial charge is 0.0189 e. The number of aryl methyl sites for hydroxylation is 1. The second-order valence-electron chi connectivity index (χ2n) is 4.98. The molecule has 2 rings (SSSR count). The highest BCUT2D eigenvalue weighted by molar-refractivity contribution is 7.99. The molecule has 0 saturated heterocycles. The second kappa shape index (κ2) is 6.46. The zero-order valence-corrected chi connectivity index (χ0v) is 11.7. The molecular formula is C15H23NS. The van der Waals surface area contributed by atoms with E-state index in [1.165, 1.54) is 35.5 Å². The van der Waals surface area contributed by atoms with Crippen LogP contribution in [-0.4, -0.2) is 18.3 Å². The molecule has 1 saturated carbocycles. The molecule has 0 heterocycles. The fourth-order valence-corrected chi connectivity index (χ4v) is 3.38. The Hall–Kier alpha value is -0.470. The highest BCUT2D eigenvalue weighted by Crippen LogP contribution is 2.32. The number of nitrogens with one attached hydrogen (secondary N) is 1. The maximum atomic E-state index is 3.65. The normalized spacial score (nSPS) is 17.8. The first-order valence-corrected chi connectivity index (χ1v) is 7.71. The van der Waals surface area contributed by atoms with Gasteiger partial charge in [0.05, 0.1) is 0 Å². The molecule has 17 heavy (non-hydrogen) atoms. The van der Waals surface area contributed by atoms with Crippen LogP contribution >= 0.6 is 11.8 Å². The van der Waals surface area contributed by atoms with E-state index in [0.29, 0.717) is 6.04 Å². The third-order valence-corrected chi connectivity index (χ3v) is 4.77. The molecule has 1 fully saturated rings. The quantitative estimate of drug-likeness (QED) is 0.768. The third kappa shape index (κ3) is 3.75. The number of hydrogen-bond acceptors (Lipinski definition) is 2. The largest absolute Gasteiger partial charge is 0.313 e. The van der Waals surface area contributed by atoms with Crippen molar-refractivity contribution >= 4 is 11.8 Å². The van der Waals surface area contributed by atoms with E-state index in [0.717, 1.165) is 12.5 Å². The van der Waals surface area contributed by atoms with Crippen LogP contribution in [0.1, 0.15) is 31.7 Å². The van der Waals surface area contributed by atoms with Gasteiger partial charge >= 0.3 is 0 Å². The van der Waals surface area contributed by atoms with Crippen LogP contribution in [0.4, 0.5) is 0 Å². The fraction of sp³-hybridized carbons (Fsp3) is 0.600. The fourth-order valence-electron chi connectivity index (χ4n) is 2.29. The Bertz CT molecular complexity index is 329. The lowest BCUT2D eigenvalue weighted by molar-refractivity contribution is 0.246. The van der Waals surface area contributed by atoms with Crippen LogP contribution in [0.2, 0.25) is 0 Å². The number of hydrogen-bond donors (Lipinski definition) is 1. The summed E-state index contributed by atoms with van der Waals surface area (Å²) in [6.45, 7) is 5.45. The maximum Gasteiger partial charge on any atom is 0.0189 e. The SMILES string of the molecule is CCNC(CSc1ccc(C)cc1)C1CCC1. The summed E-state index contributed by atoms with van der Waals surface area (Å²) in [5.74, 6) is 2.13. The van der Waals surface area contributed by atoms with Crippen molar-refractivity contribution in [2.45, 2.75) is 44.0 Å². The maximum absolute atomic E-state index is 3.65. The van der Waals surface area contributed by atoms with Gasteiger partial charge in [-0.05, 0) is 44.4 Å². The van der Waals surface area contributed by atoms with Crippen molar-refractivity contribution in [3.63, 3.8) is 0 Å². The summed E-state index contributed by atoms with van der Waals surface area (Å²) in [5, 5.41) is 3.65. The number of benzene rings is 1. The summed E-state index contributed by atoms with van der Waals surface area (Å²) < 4.78 is 0. The zero-order chi connectivity index (χ0) is 12.1. The molecule has 1 unspecified atom stereocenters. The lowest BCUT2D eigenvalue weighted by atomic mass is 9.80. The van der Waals surface area contributed by atoms with Gasteiger partial charge in [-0.2, -0.15) is 0 Å². The molecular weight excluding hydrogens is 226 g/mol. The molecule has 0 aromatic heterocycles. The highest BCUT2D eigenvalue weighted by Gasteiger charge is 2.26. The summed E-state index contributed by atoms with van der Waals surface area (Å²) in [5.41, 5.74) is 1.34. The lowest BCUT2D eigenvalue weighted by Crippen LogP contribution is -2.41. The molecule has 1 nitrogen and oxygen atoms in total. The Morgan fingerprint density at radius 3 is 2.53 bits per heavy atom. The molecule has 0 spiro atoms. The molecule has 1 aliphatic rings. The van der Waals surface area contributed by atoms with Crippen LogP contribution in [0.3, 0.4) is 0 Å². The van der Waals surface area contributed by atoms with E-state index in [2.05, 4.69) is 43.4 Å². The van der Waals surface area contributed by atoms with Crippen LogP contribution in [0.25, 0.3) is 0 Å². The molecule has 0 aliphatic heterocycles. The van der Waals surface area contributed by atoms with Crippen molar-refractivity contribution < 1.29 is 0 Å². The van der Waals surface area contributed by atoms with Crippen LogP contribution in [0.5, 0.6) is 0 Å². The molecule has 94 valence electrons. The van der Waals surface area contributed by atoms with E-state index in [9.17, 15) is 0 Å². The topological polar surface area (TPSA) is 12.0 Å². The molecule has 1 aromatic carbocycles. The Balaban J connectivity index is 1.83. The second-order valence-corrected chi connectivity index (χ2v) is 6.07. The van der Waals surface area contributed by atoms with Gasteiger partial charge in [-0.25, -0.2) is 0 Å². The van der Waals surface area contributed by atoms with Gasteiger partial charge < -0.3 is 5.32 Å². The summed E-state index contributed by atoms with van der Waals surface area (Å²) in [6.07, 6.45) is 4.28. The monoisotopic (exact) mass is 249 g/mol. The van der Waals surface area contributed by atoms with Crippen molar-refractivity contribution in [2.75, 3.05) is 12.3 Å². The Labute approximate surface area is 109 Å². The van der Waals surface area contributed by atoms with Gasteiger partial charge in [-0.3, -0.25) is 0 Å². The summed E-state index contributed by atoms with van der Waals surface area (Å²) in [4.78, 5) is 1.40. The van der Waals surface area contributed by atoms with Gasteiger partial charge in [0, 0.05) is 16.7 Å². The zero-order valence-electron chi connectivity index (χ0n) is 10.9.